The standard InChI is InChI=1S/C13H26N2O2S/c14-10-12-6-8-15(9-7-12)18(16,17)11-13-4-2-1-3-5-13/h12-13H,1-11,14H2. The summed E-state index contributed by atoms with van der Waals surface area (Å²) in [4.78, 5) is 0. The molecular formula is C13H26N2O2S. The largest absolute Gasteiger partial charge is 0.330 e. The zero-order chi connectivity index (χ0) is 13.0. The Morgan fingerprint density at radius 1 is 0.944 bits per heavy atom. The maximum atomic E-state index is 12.3. The predicted octanol–water partition coefficient (Wildman–Crippen LogP) is 1.57. The molecule has 1 heterocycles. The summed E-state index contributed by atoms with van der Waals surface area (Å²) in [5.74, 6) is 1.29. The number of nitrogens with two attached hydrogens (primary N) is 1. The zero-order valence-corrected chi connectivity index (χ0v) is 12.0. The summed E-state index contributed by atoms with van der Waals surface area (Å²) in [6.45, 7) is 2.05. The second-order valence-electron chi connectivity index (χ2n) is 5.86. The van der Waals surface area contributed by atoms with Crippen LogP contribution in [0.1, 0.15) is 44.9 Å². The molecule has 0 bridgehead atoms. The number of sulfonamides is 1. The molecule has 5 heteroatoms. The van der Waals surface area contributed by atoms with Crippen molar-refractivity contribution in [2.75, 3.05) is 25.4 Å². The Labute approximate surface area is 111 Å². The molecule has 0 aromatic rings. The number of nitrogens with zero attached hydrogens (tertiary/aromatic N) is 1. The molecule has 1 aliphatic heterocycles. The fourth-order valence-corrected chi connectivity index (χ4v) is 5.09. The van der Waals surface area contributed by atoms with Crippen LogP contribution in [0.5, 0.6) is 0 Å². The van der Waals surface area contributed by atoms with Crippen molar-refractivity contribution in [1.82, 2.24) is 4.31 Å². The monoisotopic (exact) mass is 274 g/mol. The fraction of sp³-hybridized carbons (Fsp3) is 1.00. The minimum Gasteiger partial charge on any atom is -0.330 e. The van der Waals surface area contributed by atoms with Crippen molar-refractivity contribution in [3.8, 4) is 0 Å². The first-order valence-electron chi connectivity index (χ1n) is 7.29. The van der Waals surface area contributed by atoms with Crippen LogP contribution in [0.4, 0.5) is 0 Å². The highest BCUT2D eigenvalue weighted by Gasteiger charge is 2.30. The molecule has 2 fully saturated rings. The fourth-order valence-electron chi connectivity index (χ4n) is 3.18. The zero-order valence-electron chi connectivity index (χ0n) is 11.2. The van der Waals surface area contributed by atoms with Gasteiger partial charge in [0, 0.05) is 13.1 Å². The molecule has 0 aromatic heterocycles. The number of hydrogen-bond acceptors (Lipinski definition) is 3. The van der Waals surface area contributed by atoms with Crippen LogP contribution in [0.15, 0.2) is 0 Å². The molecule has 1 saturated carbocycles. The Hall–Kier alpha value is -0.130. The smallest absolute Gasteiger partial charge is 0.214 e. The van der Waals surface area contributed by atoms with Crippen molar-refractivity contribution >= 4 is 10.0 Å². The summed E-state index contributed by atoms with van der Waals surface area (Å²) >= 11 is 0. The Kier molecular flexibility index (Phi) is 5.04. The van der Waals surface area contributed by atoms with Gasteiger partial charge in [0.2, 0.25) is 10.0 Å². The van der Waals surface area contributed by atoms with Crippen molar-refractivity contribution in [1.29, 1.82) is 0 Å². The van der Waals surface area contributed by atoms with E-state index in [0.29, 0.717) is 37.2 Å². The van der Waals surface area contributed by atoms with Crippen molar-refractivity contribution < 1.29 is 8.42 Å². The van der Waals surface area contributed by atoms with E-state index in [4.69, 9.17) is 5.73 Å². The lowest BCUT2D eigenvalue weighted by atomic mass is 9.91. The lowest BCUT2D eigenvalue weighted by Crippen LogP contribution is -2.42. The van der Waals surface area contributed by atoms with Gasteiger partial charge in [0.05, 0.1) is 5.75 Å². The maximum Gasteiger partial charge on any atom is 0.214 e. The Bertz CT molecular complexity index is 342. The van der Waals surface area contributed by atoms with E-state index in [0.717, 1.165) is 25.7 Å². The molecule has 18 heavy (non-hydrogen) atoms. The summed E-state index contributed by atoms with van der Waals surface area (Å²) in [5, 5.41) is 0. The summed E-state index contributed by atoms with van der Waals surface area (Å²) in [5.41, 5.74) is 5.64. The Morgan fingerprint density at radius 3 is 2.11 bits per heavy atom. The second-order valence-corrected chi connectivity index (χ2v) is 7.87. The third-order valence-electron chi connectivity index (χ3n) is 4.47. The summed E-state index contributed by atoms with van der Waals surface area (Å²) in [6.07, 6.45) is 7.74. The number of hydrogen-bond donors (Lipinski definition) is 1. The van der Waals surface area contributed by atoms with Gasteiger partial charge in [-0.2, -0.15) is 0 Å². The molecule has 0 amide bonds. The second kappa shape index (κ2) is 6.35. The average Bonchev–Trinajstić information content (AvgIpc) is 2.39. The highest BCUT2D eigenvalue weighted by Crippen LogP contribution is 2.27. The van der Waals surface area contributed by atoms with Crippen LogP contribution in [0.2, 0.25) is 0 Å². The van der Waals surface area contributed by atoms with Gasteiger partial charge in [-0.3, -0.25) is 0 Å². The third-order valence-corrected chi connectivity index (χ3v) is 6.52. The SMILES string of the molecule is NCC1CCN(S(=O)(=O)CC2CCCCC2)CC1. The van der Waals surface area contributed by atoms with Gasteiger partial charge in [-0.15, -0.1) is 0 Å². The summed E-state index contributed by atoms with van der Waals surface area (Å²) in [6, 6.07) is 0. The van der Waals surface area contributed by atoms with Gasteiger partial charge in [0.1, 0.15) is 0 Å². The van der Waals surface area contributed by atoms with Gasteiger partial charge in [0.15, 0.2) is 0 Å². The highest BCUT2D eigenvalue weighted by molar-refractivity contribution is 7.89. The molecule has 1 saturated heterocycles. The Morgan fingerprint density at radius 2 is 1.56 bits per heavy atom. The normalized spacial score (nSPS) is 25.4. The lowest BCUT2D eigenvalue weighted by molar-refractivity contribution is 0.275. The van der Waals surface area contributed by atoms with Gasteiger partial charge in [-0.05, 0) is 44.1 Å². The van der Waals surface area contributed by atoms with E-state index in [1.54, 1.807) is 4.31 Å². The van der Waals surface area contributed by atoms with Crippen LogP contribution in [0.3, 0.4) is 0 Å². The van der Waals surface area contributed by atoms with E-state index in [1.807, 2.05) is 0 Å². The van der Waals surface area contributed by atoms with Crippen molar-refractivity contribution in [3.63, 3.8) is 0 Å². The first-order valence-corrected chi connectivity index (χ1v) is 8.90. The van der Waals surface area contributed by atoms with Crippen molar-refractivity contribution in [3.05, 3.63) is 0 Å². The van der Waals surface area contributed by atoms with Gasteiger partial charge in [-0.25, -0.2) is 12.7 Å². The molecule has 106 valence electrons. The third kappa shape index (κ3) is 3.68. The topological polar surface area (TPSA) is 63.4 Å². The molecule has 1 aliphatic carbocycles. The molecular weight excluding hydrogens is 248 g/mol. The van der Waals surface area contributed by atoms with E-state index >= 15 is 0 Å². The van der Waals surface area contributed by atoms with E-state index < -0.39 is 10.0 Å². The van der Waals surface area contributed by atoms with Gasteiger partial charge in [-0.1, -0.05) is 19.3 Å². The van der Waals surface area contributed by atoms with E-state index in [2.05, 4.69) is 0 Å². The van der Waals surface area contributed by atoms with Crippen LogP contribution < -0.4 is 5.73 Å². The average molecular weight is 274 g/mol. The van der Waals surface area contributed by atoms with Crippen LogP contribution in [-0.4, -0.2) is 38.1 Å². The molecule has 4 nitrogen and oxygen atoms in total. The lowest BCUT2D eigenvalue weighted by Gasteiger charge is -2.32. The first-order chi connectivity index (χ1) is 8.62. The van der Waals surface area contributed by atoms with Crippen LogP contribution in [-0.2, 0) is 10.0 Å². The summed E-state index contributed by atoms with van der Waals surface area (Å²) < 4.78 is 26.4. The molecule has 0 aromatic carbocycles. The Balaban J connectivity index is 1.86. The van der Waals surface area contributed by atoms with Crippen molar-refractivity contribution in [2.45, 2.75) is 44.9 Å². The van der Waals surface area contributed by atoms with Crippen LogP contribution in [0.25, 0.3) is 0 Å². The molecule has 0 unspecified atom stereocenters. The quantitative estimate of drug-likeness (QED) is 0.846. The molecule has 2 N–H and O–H groups in total. The maximum absolute atomic E-state index is 12.3. The molecule has 0 spiro atoms. The van der Waals surface area contributed by atoms with Gasteiger partial charge >= 0.3 is 0 Å². The van der Waals surface area contributed by atoms with Crippen molar-refractivity contribution in [2.24, 2.45) is 17.6 Å². The minimum absolute atomic E-state index is 0.375. The molecule has 2 aliphatic rings. The van der Waals surface area contributed by atoms with Gasteiger partial charge in [0.25, 0.3) is 0 Å². The van der Waals surface area contributed by atoms with Crippen LogP contribution >= 0.6 is 0 Å². The van der Waals surface area contributed by atoms with Gasteiger partial charge < -0.3 is 5.73 Å². The molecule has 2 rings (SSSR count). The van der Waals surface area contributed by atoms with E-state index in [1.165, 1.54) is 19.3 Å². The molecule has 0 atom stereocenters. The van der Waals surface area contributed by atoms with E-state index in [9.17, 15) is 8.42 Å². The van der Waals surface area contributed by atoms with Crippen LogP contribution in [0, 0.1) is 11.8 Å². The predicted molar refractivity (Wildman–Crippen MR) is 73.7 cm³/mol. The summed E-state index contributed by atoms with van der Waals surface area (Å²) in [7, 11) is -3.02. The first kappa shape index (κ1) is 14.3. The van der Waals surface area contributed by atoms with E-state index in [-0.39, 0.29) is 0 Å². The number of piperidine rings is 1. The highest BCUT2D eigenvalue weighted by atomic mass is 32.2. The number of rotatable bonds is 4. The molecule has 0 radical (unpaired) electrons. The minimum atomic E-state index is -3.02.